The molecule has 0 amide bonds. The van der Waals surface area contributed by atoms with E-state index in [2.05, 4.69) is 0 Å². The van der Waals surface area contributed by atoms with Crippen LogP contribution < -0.4 is 4.90 Å². The summed E-state index contributed by atoms with van der Waals surface area (Å²) in [5.41, 5.74) is -5.34. The van der Waals surface area contributed by atoms with Crippen LogP contribution in [0.4, 0.5) is 18.9 Å². The van der Waals surface area contributed by atoms with Gasteiger partial charge < -0.3 is 9.64 Å². The second-order valence-corrected chi connectivity index (χ2v) is 6.71. The van der Waals surface area contributed by atoms with Crippen LogP contribution in [-0.4, -0.2) is 45.6 Å². The molecule has 0 aromatic heterocycles. The van der Waals surface area contributed by atoms with Crippen LogP contribution in [0, 0.1) is 0 Å². The lowest BCUT2D eigenvalue weighted by atomic mass is 10.2. The van der Waals surface area contributed by atoms with Crippen molar-refractivity contribution in [3.8, 4) is 0 Å². The van der Waals surface area contributed by atoms with Crippen LogP contribution in [-0.2, 0) is 14.6 Å². The van der Waals surface area contributed by atoms with Gasteiger partial charge in [-0.3, -0.25) is 0 Å². The highest BCUT2D eigenvalue weighted by atomic mass is 35.5. The molecule has 0 N–H and O–H groups in total. The van der Waals surface area contributed by atoms with E-state index in [0.717, 1.165) is 6.07 Å². The molecule has 0 saturated carbocycles. The summed E-state index contributed by atoms with van der Waals surface area (Å²) >= 11 is 5.79. The summed E-state index contributed by atoms with van der Waals surface area (Å²) in [6, 6.07) is 4.69. The zero-order valence-corrected chi connectivity index (χ0v) is 12.4. The Morgan fingerprint density at radius 3 is 2.62 bits per heavy atom. The molecule has 1 heterocycles. The lowest BCUT2D eigenvalue weighted by Crippen LogP contribution is -2.47. The fourth-order valence-electron chi connectivity index (χ4n) is 2.15. The highest BCUT2D eigenvalue weighted by Gasteiger charge is 2.48. The van der Waals surface area contributed by atoms with Gasteiger partial charge in [0.05, 0.1) is 29.8 Å². The van der Waals surface area contributed by atoms with Crippen molar-refractivity contribution in [3.63, 3.8) is 0 Å². The molecular formula is C12H13ClF3NO3S. The molecule has 21 heavy (non-hydrogen) atoms. The third kappa shape index (κ3) is 3.12. The summed E-state index contributed by atoms with van der Waals surface area (Å²) in [4.78, 5) is 0.796. The quantitative estimate of drug-likeness (QED) is 0.791. The lowest BCUT2D eigenvalue weighted by molar-refractivity contribution is -0.0435. The maximum Gasteiger partial charge on any atom is 0.501 e. The summed E-state index contributed by atoms with van der Waals surface area (Å²) in [5.74, 6) is 0.125. The van der Waals surface area contributed by atoms with E-state index in [0.29, 0.717) is 6.61 Å². The van der Waals surface area contributed by atoms with Crippen molar-refractivity contribution in [3.05, 3.63) is 24.3 Å². The molecule has 1 aromatic carbocycles. The second kappa shape index (κ2) is 6.02. The first kappa shape index (κ1) is 16.4. The molecule has 9 heteroatoms. The summed E-state index contributed by atoms with van der Waals surface area (Å²) < 4.78 is 67.0. The number of hydrogen-bond acceptors (Lipinski definition) is 4. The smallest absolute Gasteiger partial charge is 0.377 e. The van der Waals surface area contributed by atoms with Gasteiger partial charge in [0.2, 0.25) is 0 Å². The van der Waals surface area contributed by atoms with Crippen molar-refractivity contribution in [2.24, 2.45) is 0 Å². The van der Waals surface area contributed by atoms with Crippen LogP contribution in [0.5, 0.6) is 0 Å². The van der Waals surface area contributed by atoms with E-state index in [9.17, 15) is 21.6 Å². The molecule has 0 radical (unpaired) electrons. The molecule has 1 unspecified atom stereocenters. The zero-order valence-electron chi connectivity index (χ0n) is 10.8. The van der Waals surface area contributed by atoms with Crippen molar-refractivity contribution < 1.29 is 26.3 Å². The van der Waals surface area contributed by atoms with Crippen molar-refractivity contribution >= 4 is 27.1 Å². The summed E-state index contributed by atoms with van der Waals surface area (Å²) in [6.07, 6.45) is 0. The van der Waals surface area contributed by atoms with Crippen molar-refractivity contribution in [2.45, 2.75) is 16.4 Å². The van der Waals surface area contributed by atoms with E-state index in [1.54, 1.807) is 4.90 Å². The molecule has 1 aromatic rings. The number of anilines is 1. The number of nitrogens with zero attached hydrogens (tertiary/aromatic N) is 1. The maximum absolute atomic E-state index is 12.8. The van der Waals surface area contributed by atoms with Crippen LogP contribution in [0.2, 0.25) is 0 Å². The molecule has 1 saturated heterocycles. The van der Waals surface area contributed by atoms with Crippen LogP contribution in [0.25, 0.3) is 0 Å². The molecule has 1 fully saturated rings. The number of halogens is 4. The van der Waals surface area contributed by atoms with Crippen LogP contribution in [0.1, 0.15) is 0 Å². The zero-order chi connectivity index (χ0) is 15.7. The molecule has 1 atom stereocenters. The topological polar surface area (TPSA) is 46.6 Å². The molecule has 0 aliphatic carbocycles. The Kier molecular flexibility index (Phi) is 4.69. The average Bonchev–Trinajstić information content (AvgIpc) is 2.46. The predicted octanol–water partition coefficient (Wildman–Crippen LogP) is 2.42. The maximum atomic E-state index is 12.8. The molecule has 1 aliphatic rings. The molecule has 118 valence electrons. The number of morpholine rings is 1. The van der Waals surface area contributed by atoms with Crippen LogP contribution in [0.3, 0.4) is 0 Å². The Hall–Kier alpha value is -0.990. The van der Waals surface area contributed by atoms with E-state index in [1.165, 1.54) is 18.2 Å². The van der Waals surface area contributed by atoms with Gasteiger partial charge in [0.15, 0.2) is 0 Å². The van der Waals surface area contributed by atoms with Gasteiger partial charge in [-0.1, -0.05) is 12.1 Å². The van der Waals surface area contributed by atoms with E-state index in [1.807, 2.05) is 0 Å². The summed E-state index contributed by atoms with van der Waals surface area (Å²) in [5, 5.41) is 0. The Bertz CT molecular complexity index is 606. The first-order chi connectivity index (χ1) is 9.79. The number of rotatable bonds is 3. The minimum Gasteiger partial charge on any atom is -0.377 e. The molecule has 0 bridgehead atoms. The molecule has 4 nitrogen and oxygen atoms in total. The molecule has 0 spiro atoms. The normalized spacial score (nSPS) is 20.6. The van der Waals surface area contributed by atoms with Crippen molar-refractivity contribution in [1.82, 2.24) is 0 Å². The fourth-order valence-corrected chi connectivity index (χ4v) is 3.37. The Morgan fingerprint density at radius 2 is 2.00 bits per heavy atom. The monoisotopic (exact) mass is 343 g/mol. The van der Waals surface area contributed by atoms with Gasteiger partial charge in [-0.25, -0.2) is 8.42 Å². The number of sulfone groups is 1. The van der Waals surface area contributed by atoms with Gasteiger partial charge in [-0.2, -0.15) is 13.2 Å². The number of benzene rings is 1. The second-order valence-electron chi connectivity index (χ2n) is 4.49. The van der Waals surface area contributed by atoms with Crippen LogP contribution in [0.15, 0.2) is 29.2 Å². The Morgan fingerprint density at radius 1 is 1.33 bits per heavy atom. The predicted molar refractivity (Wildman–Crippen MR) is 72.4 cm³/mol. The van der Waals surface area contributed by atoms with Gasteiger partial charge >= 0.3 is 5.51 Å². The van der Waals surface area contributed by atoms with E-state index in [4.69, 9.17) is 16.3 Å². The lowest BCUT2D eigenvalue weighted by Gasteiger charge is -2.37. The summed E-state index contributed by atoms with van der Waals surface area (Å²) in [6.45, 7) is 0.819. The highest BCUT2D eigenvalue weighted by Crippen LogP contribution is 2.36. The molecule has 2 rings (SSSR count). The molecule has 1 aliphatic heterocycles. The van der Waals surface area contributed by atoms with Crippen LogP contribution >= 0.6 is 11.6 Å². The Labute approximate surface area is 125 Å². The van der Waals surface area contributed by atoms with Gasteiger partial charge in [0, 0.05) is 12.4 Å². The van der Waals surface area contributed by atoms with E-state index in [-0.39, 0.29) is 30.8 Å². The number of alkyl halides is 4. The Balaban J connectivity index is 2.51. The summed E-state index contributed by atoms with van der Waals surface area (Å²) in [7, 11) is -5.41. The third-order valence-electron chi connectivity index (χ3n) is 3.17. The standard InChI is InChI=1S/C12H13ClF3NO3S/c13-7-9-8-20-6-5-17(9)10-3-1-2-4-11(10)21(18,19)12(14,15)16/h1-4,9H,5-8H2. The number of ether oxygens (including phenoxy) is 1. The number of hydrogen-bond donors (Lipinski definition) is 0. The van der Waals surface area contributed by atoms with Crippen molar-refractivity contribution in [2.75, 3.05) is 30.5 Å². The van der Waals surface area contributed by atoms with Gasteiger partial charge in [-0.15, -0.1) is 11.6 Å². The minimum atomic E-state index is -5.41. The first-order valence-electron chi connectivity index (χ1n) is 6.10. The average molecular weight is 344 g/mol. The third-order valence-corrected chi connectivity index (χ3v) is 5.06. The van der Waals surface area contributed by atoms with Gasteiger partial charge in [0.1, 0.15) is 0 Å². The van der Waals surface area contributed by atoms with Gasteiger partial charge in [0.25, 0.3) is 9.84 Å². The van der Waals surface area contributed by atoms with E-state index >= 15 is 0 Å². The SMILES string of the molecule is O=S(=O)(c1ccccc1N1CCOCC1CCl)C(F)(F)F. The fraction of sp³-hybridized carbons (Fsp3) is 0.500. The van der Waals surface area contributed by atoms with Crippen molar-refractivity contribution in [1.29, 1.82) is 0 Å². The first-order valence-corrected chi connectivity index (χ1v) is 8.11. The largest absolute Gasteiger partial charge is 0.501 e. The highest BCUT2D eigenvalue weighted by molar-refractivity contribution is 7.92. The van der Waals surface area contributed by atoms with E-state index < -0.39 is 20.2 Å². The van der Waals surface area contributed by atoms with Gasteiger partial charge in [-0.05, 0) is 12.1 Å². The minimum absolute atomic E-state index is 0.00350. The number of para-hydroxylation sites is 1. The molecular weight excluding hydrogens is 331 g/mol.